The highest BCUT2D eigenvalue weighted by Crippen LogP contribution is 2.24. The molecule has 10 heteroatoms. The molecule has 1 heterocycles. The highest BCUT2D eigenvalue weighted by Gasteiger charge is 2.28. The summed E-state index contributed by atoms with van der Waals surface area (Å²) in [5, 5.41) is 2.39. The number of hydrogen-bond donors (Lipinski definition) is 3. The van der Waals surface area contributed by atoms with Gasteiger partial charge in [0.25, 0.3) is 5.91 Å². The van der Waals surface area contributed by atoms with Crippen molar-refractivity contribution in [1.82, 2.24) is 20.5 Å². The summed E-state index contributed by atoms with van der Waals surface area (Å²) in [6.45, 7) is 5.97. The van der Waals surface area contributed by atoms with Gasteiger partial charge in [-0.2, -0.15) is 4.31 Å². The lowest BCUT2D eigenvalue weighted by Gasteiger charge is -2.26. The van der Waals surface area contributed by atoms with Gasteiger partial charge in [-0.15, -0.1) is 0 Å². The summed E-state index contributed by atoms with van der Waals surface area (Å²) in [6.07, 6.45) is 2.61. The molecule has 3 amide bonds. The van der Waals surface area contributed by atoms with E-state index < -0.39 is 27.7 Å². The molecule has 3 N–H and O–H groups in total. The summed E-state index contributed by atoms with van der Waals surface area (Å²) in [5.74, 6) is -2.62. The molecule has 1 aliphatic heterocycles. The van der Waals surface area contributed by atoms with Crippen LogP contribution < -0.4 is 16.2 Å². The van der Waals surface area contributed by atoms with Crippen molar-refractivity contribution in [2.45, 2.75) is 51.0 Å². The lowest BCUT2D eigenvalue weighted by molar-refractivity contribution is -0.139. The maximum atomic E-state index is 12.9. The fraction of sp³-hybridized carbons (Fsp3) is 0.500. The van der Waals surface area contributed by atoms with Crippen molar-refractivity contribution in [3.63, 3.8) is 0 Å². The van der Waals surface area contributed by atoms with Crippen LogP contribution in [0.1, 0.15) is 49.0 Å². The number of amides is 3. The molecule has 1 aromatic carbocycles. The van der Waals surface area contributed by atoms with Crippen molar-refractivity contribution >= 4 is 27.7 Å². The fourth-order valence-corrected chi connectivity index (χ4v) is 4.60. The quantitative estimate of drug-likeness (QED) is 0.491. The van der Waals surface area contributed by atoms with Gasteiger partial charge in [0.05, 0.1) is 4.90 Å². The molecule has 0 atom stereocenters. The van der Waals surface area contributed by atoms with E-state index in [1.54, 1.807) is 26.8 Å². The van der Waals surface area contributed by atoms with Crippen molar-refractivity contribution in [3.05, 3.63) is 29.3 Å². The number of aryl methyl sites for hydroxylation is 1. The standard InChI is InChI=1S/C18H26N4O5S/c1-12(2)19-17(24)18(25)21-20-16(23)14-8-7-13(3)15(11-14)28(26,27)22-9-5-4-6-10-22/h7-8,11-12H,4-6,9-10H2,1-3H3,(H,19,24)(H,20,23)(H,21,25). The van der Waals surface area contributed by atoms with Gasteiger partial charge in [-0.3, -0.25) is 25.2 Å². The van der Waals surface area contributed by atoms with Gasteiger partial charge in [-0.1, -0.05) is 12.5 Å². The molecule has 0 aliphatic carbocycles. The van der Waals surface area contributed by atoms with Gasteiger partial charge in [0.2, 0.25) is 10.0 Å². The van der Waals surface area contributed by atoms with Crippen molar-refractivity contribution in [2.24, 2.45) is 0 Å². The van der Waals surface area contributed by atoms with Crippen LogP contribution in [0.2, 0.25) is 0 Å². The summed E-state index contributed by atoms with van der Waals surface area (Å²) in [6, 6.07) is 4.06. The SMILES string of the molecule is Cc1ccc(C(=O)NNC(=O)C(=O)NC(C)C)cc1S(=O)(=O)N1CCCCC1. The second-order valence-corrected chi connectivity index (χ2v) is 8.89. The third-order valence-electron chi connectivity index (χ3n) is 4.30. The molecule has 1 saturated heterocycles. The van der Waals surface area contributed by atoms with Crippen molar-refractivity contribution in [3.8, 4) is 0 Å². The average Bonchev–Trinajstić information content (AvgIpc) is 2.66. The zero-order chi connectivity index (χ0) is 20.9. The van der Waals surface area contributed by atoms with Gasteiger partial charge < -0.3 is 5.32 Å². The summed E-state index contributed by atoms with van der Waals surface area (Å²) < 4.78 is 27.3. The average molecular weight is 410 g/mol. The number of nitrogens with one attached hydrogen (secondary N) is 3. The monoisotopic (exact) mass is 410 g/mol. The zero-order valence-corrected chi connectivity index (χ0v) is 17.1. The molecule has 1 aromatic rings. The Morgan fingerprint density at radius 3 is 2.25 bits per heavy atom. The largest absolute Gasteiger partial charge is 0.346 e. The molecule has 154 valence electrons. The lowest BCUT2D eigenvalue weighted by Crippen LogP contribution is -2.49. The van der Waals surface area contributed by atoms with Crippen LogP contribution in [-0.2, 0) is 19.6 Å². The second kappa shape index (κ2) is 9.16. The molecule has 28 heavy (non-hydrogen) atoms. The molecule has 0 spiro atoms. The fourth-order valence-electron chi connectivity index (χ4n) is 2.83. The first-order chi connectivity index (χ1) is 13.1. The van der Waals surface area contributed by atoms with Crippen LogP contribution in [0.3, 0.4) is 0 Å². The number of carbonyl (C=O) groups excluding carboxylic acids is 3. The molecule has 9 nitrogen and oxygen atoms in total. The Bertz CT molecular complexity index is 861. The number of hydrogen-bond acceptors (Lipinski definition) is 5. The predicted octanol–water partition coefficient (Wildman–Crippen LogP) is 0.455. The molecular formula is C18H26N4O5S. The molecule has 0 bridgehead atoms. The Hall–Kier alpha value is -2.46. The van der Waals surface area contributed by atoms with E-state index in [1.807, 2.05) is 5.43 Å². The third-order valence-corrected chi connectivity index (χ3v) is 6.34. The second-order valence-electron chi connectivity index (χ2n) is 6.98. The van der Waals surface area contributed by atoms with E-state index in [-0.39, 0.29) is 16.5 Å². The lowest BCUT2D eigenvalue weighted by atomic mass is 10.1. The first kappa shape index (κ1) is 21.8. The molecule has 0 aromatic heterocycles. The summed E-state index contributed by atoms with van der Waals surface area (Å²) in [5.41, 5.74) is 4.73. The van der Waals surface area contributed by atoms with Crippen molar-refractivity contribution < 1.29 is 22.8 Å². The number of rotatable bonds is 4. The van der Waals surface area contributed by atoms with Crippen LogP contribution in [-0.4, -0.2) is 49.6 Å². The first-order valence-corrected chi connectivity index (χ1v) is 10.6. The number of benzene rings is 1. The van der Waals surface area contributed by atoms with Gasteiger partial charge in [0.1, 0.15) is 0 Å². The number of piperidine rings is 1. The van der Waals surface area contributed by atoms with E-state index in [0.717, 1.165) is 19.3 Å². The minimum atomic E-state index is -3.71. The van der Waals surface area contributed by atoms with Crippen molar-refractivity contribution in [1.29, 1.82) is 0 Å². The van der Waals surface area contributed by atoms with Gasteiger partial charge >= 0.3 is 11.8 Å². The Kier molecular flexibility index (Phi) is 7.14. The Labute approximate surface area is 164 Å². The molecule has 0 radical (unpaired) electrons. The maximum absolute atomic E-state index is 12.9. The number of sulfonamides is 1. The number of carbonyl (C=O) groups is 3. The highest BCUT2D eigenvalue weighted by molar-refractivity contribution is 7.89. The van der Waals surface area contributed by atoms with Crippen LogP contribution in [0.5, 0.6) is 0 Å². The molecular weight excluding hydrogens is 384 g/mol. The first-order valence-electron chi connectivity index (χ1n) is 9.15. The third kappa shape index (κ3) is 5.29. The van der Waals surface area contributed by atoms with Gasteiger partial charge in [0.15, 0.2) is 0 Å². The van der Waals surface area contributed by atoms with Crippen LogP contribution in [0.15, 0.2) is 23.1 Å². The molecule has 0 saturated carbocycles. The van der Waals surface area contributed by atoms with E-state index in [1.165, 1.54) is 16.4 Å². The normalized spacial score (nSPS) is 15.1. The number of hydrazine groups is 1. The van der Waals surface area contributed by atoms with E-state index in [4.69, 9.17) is 0 Å². The minimum Gasteiger partial charge on any atom is -0.346 e. The van der Waals surface area contributed by atoms with Gasteiger partial charge in [-0.05, 0) is 51.3 Å². The van der Waals surface area contributed by atoms with Crippen LogP contribution in [0, 0.1) is 6.92 Å². The Morgan fingerprint density at radius 1 is 1.00 bits per heavy atom. The smallest absolute Gasteiger partial charge is 0.327 e. The molecule has 2 rings (SSSR count). The van der Waals surface area contributed by atoms with Crippen LogP contribution in [0.25, 0.3) is 0 Å². The summed E-state index contributed by atoms with van der Waals surface area (Å²) in [4.78, 5) is 35.6. The summed E-state index contributed by atoms with van der Waals surface area (Å²) in [7, 11) is -3.71. The van der Waals surface area contributed by atoms with Crippen molar-refractivity contribution in [2.75, 3.05) is 13.1 Å². The highest BCUT2D eigenvalue weighted by atomic mass is 32.2. The van der Waals surface area contributed by atoms with E-state index >= 15 is 0 Å². The number of nitrogens with zero attached hydrogens (tertiary/aromatic N) is 1. The van der Waals surface area contributed by atoms with Gasteiger partial charge in [0, 0.05) is 24.7 Å². The maximum Gasteiger partial charge on any atom is 0.327 e. The molecule has 0 unspecified atom stereocenters. The van der Waals surface area contributed by atoms with Crippen LogP contribution in [0.4, 0.5) is 0 Å². The Balaban J connectivity index is 2.12. The topological polar surface area (TPSA) is 125 Å². The Morgan fingerprint density at radius 2 is 1.64 bits per heavy atom. The molecule has 1 fully saturated rings. The van der Waals surface area contributed by atoms with E-state index in [2.05, 4.69) is 10.7 Å². The summed E-state index contributed by atoms with van der Waals surface area (Å²) >= 11 is 0. The van der Waals surface area contributed by atoms with E-state index in [0.29, 0.717) is 18.7 Å². The van der Waals surface area contributed by atoms with Gasteiger partial charge in [-0.25, -0.2) is 8.42 Å². The minimum absolute atomic E-state index is 0.0609. The zero-order valence-electron chi connectivity index (χ0n) is 16.2. The molecule has 1 aliphatic rings. The predicted molar refractivity (Wildman–Crippen MR) is 103 cm³/mol. The van der Waals surface area contributed by atoms with Crippen LogP contribution >= 0.6 is 0 Å². The van der Waals surface area contributed by atoms with E-state index in [9.17, 15) is 22.8 Å².